The molecule has 27 heavy (non-hydrogen) atoms. The van der Waals surface area contributed by atoms with Crippen molar-refractivity contribution < 1.29 is 9.53 Å². The van der Waals surface area contributed by atoms with Crippen molar-refractivity contribution in [2.75, 3.05) is 0 Å². The number of nitrogens with one attached hydrogen (secondary N) is 2. The van der Waals surface area contributed by atoms with Gasteiger partial charge in [-0.25, -0.2) is 4.79 Å². The minimum Gasteiger partial charge on any atom is -0.443 e. The number of ether oxygens (including phenoxy) is 1. The number of H-pyrrole nitrogens is 1. The molecule has 0 aliphatic heterocycles. The minimum absolute atomic E-state index is 0.123. The highest BCUT2D eigenvalue weighted by atomic mass is 16.5. The van der Waals surface area contributed by atoms with Gasteiger partial charge in [-0.3, -0.25) is 5.10 Å². The Morgan fingerprint density at radius 1 is 1.11 bits per heavy atom. The molecule has 1 saturated carbocycles. The molecular weight excluding hydrogens is 340 g/mol. The Morgan fingerprint density at radius 2 is 1.93 bits per heavy atom. The molecule has 3 aromatic rings. The van der Waals surface area contributed by atoms with Gasteiger partial charge in [0.25, 0.3) is 0 Å². The lowest BCUT2D eigenvalue weighted by Gasteiger charge is -2.22. The second-order valence-electron chi connectivity index (χ2n) is 7.15. The molecule has 1 aliphatic rings. The topological polar surface area (TPSA) is 79.9 Å². The summed E-state index contributed by atoms with van der Waals surface area (Å²) in [7, 11) is 0. The van der Waals surface area contributed by atoms with Gasteiger partial charge in [0, 0.05) is 12.5 Å². The van der Waals surface area contributed by atoms with E-state index in [0.29, 0.717) is 12.1 Å². The Hall–Kier alpha value is -2.89. The van der Waals surface area contributed by atoms with Crippen molar-refractivity contribution in [2.24, 2.45) is 0 Å². The molecule has 0 atom stereocenters. The van der Waals surface area contributed by atoms with Gasteiger partial charge in [0.1, 0.15) is 12.3 Å². The molecular formula is C21H24N4O2. The van der Waals surface area contributed by atoms with Crippen LogP contribution in [0.1, 0.15) is 49.1 Å². The molecule has 1 amide bonds. The van der Waals surface area contributed by atoms with Crippen molar-refractivity contribution in [1.82, 2.24) is 20.7 Å². The van der Waals surface area contributed by atoms with E-state index in [0.717, 1.165) is 24.1 Å². The SMILES string of the molecule is O=C(NC1CCCCC1)OCc1nn[nH]c1Cc1ccc2ccccc2c1. The normalized spacial score (nSPS) is 15.0. The highest BCUT2D eigenvalue weighted by Gasteiger charge is 2.17. The molecule has 1 fully saturated rings. The maximum atomic E-state index is 12.0. The average Bonchev–Trinajstić information content (AvgIpc) is 3.14. The number of aromatic amines is 1. The molecule has 6 nitrogen and oxygen atoms in total. The van der Waals surface area contributed by atoms with Gasteiger partial charge in [-0.1, -0.05) is 66.9 Å². The molecule has 4 rings (SSSR count). The summed E-state index contributed by atoms with van der Waals surface area (Å²) in [5.74, 6) is 0. The van der Waals surface area contributed by atoms with Gasteiger partial charge in [-0.05, 0) is 29.2 Å². The standard InChI is InChI=1S/C21H24N4O2/c26-21(22-18-8-2-1-3-9-18)27-14-20-19(23-25-24-20)13-15-10-11-16-6-4-5-7-17(16)12-15/h4-7,10-12,18H,1-3,8-9,13-14H2,(H,22,26)(H,23,24,25). The number of rotatable bonds is 5. The first-order valence-electron chi connectivity index (χ1n) is 9.58. The summed E-state index contributed by atoms with van der Waals surface area (Å²) in [6.45, 7) is 0.123. The summed E-state index contributed by atoms with van der Waals surface area (Å²) < 4.78 is 5.37. The number of aromatic nitrogens is 3. The number of fused-ring (bicyclic) bond motifs is 1. The van der Waals surface area contributed by atoms with E-state index in [1.54, 1.807) is 0 Å². The maximum Gasteiger partial charge on any atom is 0.407 e. The largest absolute Gasteiger partial charge is 0.443 e. The van der Waals surface area contributed by atoms with E-state index in [2.05, 4.69) is 51.1 Å². The van der Waals surface area contributed by atoms with Gasteiger partial charge in [0.2, 0.25) is 0 Å². The number of amides is 1. The Balaban J connectivity index is 1.36. The third kappa shape index (κ3) is 4.45. The molecule has 140 valence electrons. The number of hydrogen-bond donors (Lipinski definition) is 2. The predicted molar refractivity (Wildman–Crippen MR) is 103 cm³/mol. The highest BCUT2D eigenvalue weighted by Crippen LogP contribution is 2.19. The zero-order chi connectivity index (χ0) is 18.5. The van der Waals surface area contributed by atoms with Crippen LogP contribution in [0.25, 0.3) is 10.8 Å². The van der Waals surface area contributed by atoms with Crippen LogP contribution in [0, 0.1) is 0 Å². The first-order chi connectivity index (χ1) is 13.3. The molecule has 0 bridgehead atoms. The Morgan fingerprint density at radius 3 is 2.78 bits per heavy atom. The summed E-state index contributed by atoms with van der Waals surface area (Å²) >= 11 is 0. The molecule has 1 heterocycles. The molecule has 1 aromatic heterocycles. The number of carbonyl (C=O) groups excluding carboxylic acids is 1. The third-order valence-electron chi connectivity index (χ3n) is 5.17. The second kappa shape index (κ2) is 8.20. The minimum atomic E-state index is -0.374. The van der Waals surface area contributed by atoms with Gasteiger partial charge in [0.05, 0.1) is 5.69 Å². The Bertz CT molecular complexity index is 915. The number of hydrogen-bond acceptors (Lipinski definition) is 4. The van der Waals surface area contributed by atoms with Crippen LogP contribution in [0.3, 0.4) is 0 Å². The van der Waals surface area contributed by atoms with E-state index in [4.69, 9.17) is 4.74 Å². The molecule has 0 unspecified atom stereocenters. The van der Waals surface area contributed by atoms with Crippen molar-refractivity contribution in [3.05, 3.63) is 59.4 Å². The number of benzene rings is 2. The van der Waals surface area contributed by atoms with Crippen LogP contribution in [-0.4, -0.2) is 27.5 Å². The maximum absolute atomic E-state index is 12.0. The number of carbonyl (C=O) groups is 1. The summed E-state index contributed by atoms with van der Waals surface area (Å²) in [6.07, 6.45) is 5.96. The van der Waals surface area contributed by atoms with E-state index in [9.17, 15) is 4.79 Å². The quantitative estimate of drug-likeness (QED) is 0.714. The highest BCUT2D eigenvalue weighted by molar-refractivity contribution is 5.83. The van der Waals surface area contributed by atoms with Crippen LogP contribution in [0.2, 0.25) is 0 Å². The first-order valence-corrected chi connectivity index (χ1v) is 9.58. The van der Waals surface area contributed by atoms with E-state index in [-0.39, 0.29) is 18.7 Å². The fourth-order valence-electron chi connectivity index (χ4n) is 3.67. The van der Waals surface area contributed by atoms with Crippen LogP contribution < -0.4 is 5.32 Å². The van der Waals surface area contributed by atoms with Gasteiger partial charge in [0.15, 0.2) is 0 Å². The summed E-state index contributed by atoms with van der Waals surface area (Å²) in [5, 5.41) is 16.3. The van der Waals surface area contributed by atoms with Gasteiger partial charge in [-0.2, -0.15) is 0 Å². The fourth-order valence-corrected chi connectivity index (χ4v) is 3.67. The van der Waals surface area contributed by atoms with E-state index >= 15 is 0 Å². The summed E-state index contributed by atoms with van der Waals surface area (Å²) in [6, 6.07) is 14.9. The van der Waals surface area contributed by atoms with Crippen LogP contribution >= 0.6 is 0 Å². The zero-order valence-corrected chi connectivity index (χ0v) is 15.3. The van der Waals surface area contributed by atoms with Crippen LogP contribution in [0.5, 0.6) is 0 Å². The third-order valence-corrected chi connectivity index (χ3v) is 5.17. The monoisotopic (exact) mass is 364 g/mol. The van der Waals surface area contributed by atoms with Crippen LogP contribution in [-0.2, 0) is 17.8 Å². The smallest absolute Gasteiger partial charge is 0.407 e. The van der Waals surface area contributed by atoms with Gasteiger partial charge in [-0.15, -0.1) is 5.10 Å². The molecule has 0 saturated heterocycles. The Kier molecular flexibility index (Phi) is 5.32. The summed E-state index contributed by atoms with van der Waals surface area (Å²) in [4.78, 5) is 12.0. The van der Waals surface area contributed by atoms with Crippen molar-refractivity contribution >= 4 is 16.9 Å². The lowest BCUT2D eigenvalue weighted by molar-refractivity contribution is 0.131. The number of nitrogens with zero attached hydrogens (tertiary/aromatic N) is 2. The van der Waals surface area contributed by atoms with Crippen molar-refractivity contribution in [3.8, 4) is 0 Å². The van der Waals surface area contributed by atoms with Crippen LogP contribution in [0.15, 0.2) is 42.5 Å². The van der Waals surface area contributed by atoms with Crippen molar-refractivity contribution in [3.63, 3.8) is 0 Å². The molecule has 2 aromatic carbocycles. The van der Waals surface area contributed by atoms with Crippen molar-refractivity contribution in [1.29, 1.82) is 0 Å². The molecule has 0 radical (unpaired) electrons. The van der Waals surface area contributed by atoms with E-state index in [1.165, 1.54) is 30.0 Å². The fraction of sp³-hybridized carbons (Fsp3) is 0.381. The van der Waals surface area contributed by atoms with Crippen LogP contribution in [0.4, 0.5) is 4.79 Å². The zero-order valence-electron chi connectivity index (χ0n) is 15.3. The average molecular weight is 364 g/mol. The van der Waals surface area contributed by atoms with Gasteiger partial charge < -0.3 is 10.1 Å². The first kappa shape index (κ1) is 17.5. The van der Waals surface area contributed by atoms with Crippen molar-refractivity contribution in [2.45, 2.75) is 51.2 Å². The predicted octanol–water partition coefficient (Wildman–Crippen LogP) is 4.11. The van der Waals surface area contributed by atoms with E-state index in [1.807, 2.05) is 12.1 Å². The molecule has 6 heteroatoms. The Labute approximate surface area is 158 Å². The van der Waals surface area contributed by atoms with Gasteiger partial charge >= 0.3 is 6.09 Å². The lowest BCUT2D eigenvalue weighted by atomic mass is 9.96. The summed E-state index contributed by atoms with van der Waals surface area (Å²) in [5.41, 5.74) is 2.70. The number of alkyl carbamates (subject to hydrolysis) is 1. The molecule has 2 N–H and O–H groups in total. The lowest BCUT2D eigenvalue weighted by Crippen LogP contribution is -2.36. The second-order valence-corrected chi connectivity index (χ2v) is 7.15. The molecule has 0 spiro atoms. The van der Waals surface area contributed by atoms with E-state index < -0.39 is 0 Å². The molecule has 1 aliphatic carbocycles.